The molecule has 0 saturated carbocycles. The Morgan fingerprint density at radius 2 is 1.83 bits per heavy atom. The van der Waals surface area contributed by atoms with Crippen molar-refractivity contribution >= 4 is 24.0 Å². The predicted octanol–water partition coefficient (Wildman–Crippen LogP) is 4.87. The van der Waals surface area contributed by atoms with Crippen molar-refractivity contribution in [1.82, 2.24) is 20.4 Å². The third kappa shape index (κ3) is 6.27. The molecule has 10 heteroatoms. The van der Waals surface area contributed by atoms with Crippen LogP contribution in [-0.4, -0.2) is 41.0 Å². The van der Waals surface area contributed by atoms with Gasteiger partial charge in [-0.05, 0) is 44.2 Å². The van der Waals surface area contributed by atoms with Gasteiger partial charge in [0, 0.05) is 23.4 Å². The van der Waals surface area contributed by atoms with Crippen LogP contribution in [0, 0.1) is 6.92 Å². The molecule has 208 valence electrons. The van der Waals surface area contributed by atoms with Crippen molar-refractivity contribution in [2.75, 3.05) is 13.2 Å². The number of nitrogens with zero attached hydrogens (tertiary/aromatic N) is 2. The van der Waals surface area contributed by atoms with Crippen LogP contribution in [-0.2, 0) is 19.1 Å². The van der Waals surface area contributed by atoms with Gasteiger partial charge < -0.3 is 24.5 Å². The molecule has 1 unspecified atom stereocenters. The zero-order valence-corrected chi connectivity index (χ0v) is 22.5. The maximum absolute atomic E-state index is 12.8. The predicted molar refractivity (Wildman–Crippen MR) is 151 cm³/mol. The van der Waals surface area contributed by atoms with Gasteiger partial charge in [-0.15, -0.1) is 0 Å². The van der Waals surface area contributed by atoms with E-state index in [4.69, 9.17) is 19.0 Å². The molecule has 4 aromatic rings. The molecule has 0 aliphatic carbocycles. The minimum absolute atomic E-state index is 0.0870. The molecule has 0 saturated heterocycles. The first-order chi connectivity index (χ1) is 19.9. The highest BCUT2D eigenvalue weighted by atomic mass is 16.5. The van der Waals surface area contributed by atoms with Crippen molar-refractivity contribution in [2.24, 2.45) is 0 Å². The molecule has 2 aromatic carbocycles. The first-order valence-electron chi connectivity index (χ1n) is 13.0. The van der Waals surface area contributed by atoms with Crippen LogP contribution >= 0.6 is 0 Å². The number of para-hydroxylation sites is 1. The minimum atomic E-state index is -0.900. The van der Waals surface area contributed by atoms with Crippen LogP contribution in [0.5, 0.6) is 0 Å². The van der Waals surface area contributed by atoms with Gasteiger partial charge in [-0.25, -0.2) is 19.1 Å². The van der Waals surface area contributed by atoms with Gasteiger partial charge in [0.15, 0.2) is 0 Å². The lowest BCUT2D eigenvalue weighted by Gasteiger charge is -2.27. The van der Waals surface area contributed by atoms with Crippen molar-refractivity contribution in [1.29, 1.82) is 0 Å². The lowest BCUT2D eigenvalue weighted by atomic mass is 10.0. The summed E-state index contributed by atoms with van der Waals surface area (Å²) < 4.78 is 17.8. The fourth-order valence-corrected chi connectivity index (χ4v) is 4.36. The van der Waals surface area contributed by atoms with Gasteiger partial charge in [0.1, 0.15) is 18.4 Å². The Balaban J connectivity index is 1.39. The number of carbonyl (C=O) groups excluding carboxylic acids is 3. The van der Waals surface area contributed by atoms with Crippen molar-refractivity contribution < 1.29 is 28.3 Å². The van der Waals surface area contributed by atoms with Crippen LogP contribution in [0.4, 0.5) is 4.79 Å². The van der Waals surface area contributed by atoms with Gasteiger partial charge >= 0.3 is 18.0 Å². The second kappa shape index (κ2) is 12.2. The Morgan fingerprint density at radius 1 is 1.05 bits per heavy atom. The van der Waals surface area contributed by atoms with E-state index in [2.05, 4.69) is 10.6 Å². The van der Waals surface area contributed by atoms with Gasteiger partial charge in [-0.1, -0.05) is 48.0 Å². The highest BCUT2D eigenvalue weighted by molar-refractivity contribution is 5.95. The normalized spacial score (nSPS) is 15.0. The van der Waals surface area contributed by atoms with E-state index in [1.165, 1.54) is 12.3 Å². The van der Waals surface area contributed by atoms with Crippen molar-refractivity contribution in [2.45, 2.75) is 19.9 Å². The summed E-state index contributed by atoms with van der Waals surface area (Å²) in [5.74, 6) is -1.00. The van der Waals surface area contributed by atoms with Crippen LogP contribution in [0.1, 0.15) is 29.9 Å². The SMILES string of the molecule is CCOC(=O)C1=C(COC(=O)/C=C/c2cn(-c3ccccc3)nc2-c2ccc(C)cc2)NC(=O)NC1c1ccco1. The molecule has 2 amide bonds. The van der Waals surface area contributed by atoms with E-state index >= 15 is 0 Å². The smallest absolute Gasteiger partial charge is 0.338 e. The summed E-state index contributed by atoms with van der Waals surface area (Å²) in [5, 5.41) is 9.96. The molecule has 1 aliphatic rings. The maximum atomic E-state index is 12.8. The van der Waals surface area contributed by atoms with E-state index in [1.54, 1.807) is 29.8 Å². The maximum Gasteiger partial charge on any atom is 0.338 e. The molecule has 5 rings (SSSR count). The molecular formula is C31H28N4O6. The summed E-state index contributed by atoms with van der Waals surface area (Å²) in [6.45, 7) is 3.44. The molecular weight excluding hydrogens is 524 g/mol. The van der Waals surface area contributed by atoms with E-state index in [0.717, 1.165) is 16.8 Å². The number of hydrogen-bond donors (Lipinski definition) is 2. The zero-order chi connectivity index (χ0) is 28.8. The Hall–Kier alpha value is -5.38. The van der Waals surface area contributed by atoms with E-state index in [9.17, 15) is 14.4 Å². The van der Waals surface area contributed by atoms with Gasteiger partial charge in [0.25, 0.3) is 0 Å². The molecule has 41 heavy (non-hydrogen) atoms. The minimum Gasteiger partial charge on any atom is -0.467 e. The molecule has 1 atom stereocenters. The second-order valence-corrected chi connectivity index (χ2v) is 9.18. The number of carbonyl (C=O) groups is 3. The third-order valence-corrected chi connectivity index (χ3v) is 6.32. The Labute approximate surface area is 236 Å². The van der Waals surface area contributed by atoms with Gasteiger partial charge in [0.2, 0.25) is 0 Å². The number of furan rings is 1. The van der Waals surface area contributed by atoms with Crippen LogP contribution in [0.15, 0.2) is 101 Å². The lowest BCUT2D eigenvalue weighted by molar-refractivity contribution is -0.140. The summed E-state index contributed by atoms with van der Waals surface area (Å²) in [4.78, 5) is 38.0. The molecule has 10 nitrogen and oxygen atoms in total. The number of benzene rings is 2. The Morgan fingerprint density at radius 3 is 2.54 bits per heavy atom. The van der Waals surface area contributed by atoms with Crippen LogP contribution in [0.3, 0.4) is 0 Å². The van der Waals surface area contributed by atoms with Crippen molar-refractivity contribution in [3.05, 3.63) is 113 Å². The third-order valence-electron chi connectivity index (χ3n) is 6.32. The average molecular weight is 553 g/mol. The van der Waals surface area contributed by atoms with Crippen LogP contribution in [0.2, 0.25) is 0 Å². The van der Waals surface area contributed by atoms with Gasteiger partial charge in [0.05, 0.1) is 35.5 Å². The number of rotatable bonds is 9. The molecule has 0 radical (unpaired) electrons. The molecule has 2 aromatic heterocycles. The van der Waals surface area contributed by atoms with Crippen LogP contribution in [0.25, 0.3) is 23.0 Å². The number of hydrogen-bond acceptors (Lipinski definition) is 7. The average Bonchev–Trinajstić information content (AvgIpc) is 3.67. The Kier molecular flexibility index (Phi) is 8.10. The summed E-state index contributed by atoms with van der Waals surface area (Å²) in [6, 6.07) is 19.4. The quantitative estimate of drug-likeness (QED) is 0.224. The highest BCUT2D eigenvalue weighted by Gasteiger charge is 2.35. The van der Waals surface area contributed by atoms with Crippen molar-refractivity contribution in [3.8, 4) is 16.9 Å². The largest absolute Gasteiger partial charge is 0.467 e. The van der Waals surface area contributed by atoms with Crippen LogP contribution < -0.4 is 10.6 Å². The Bertz CT molecular complexity index is 1600. The molecule has 0 spiro atoms. The van der Waals surface area contributed by atoms with Crippen molar-refractivity contribution in [3.63, 3.8) is 0 Å². The summed E-state index contributed by atoms with van der Waals surface area (Å²) in [7, 11) is 0. The fraction of sp³-hybridized carbons (Fsp3) is 0.161. The molecule has 1 aliphatic heterocycles. The summed E-state index contributed by atoms with van der Waals surface area (Å²) in [5.41, 5.74) is 4.47. The number of amides is 2. The number of esters is 2. The molecule has 0 bridgehead atoms. The topological polar surface area (TPSA) is 125 Å². The second-order valence-electron chi connectivity index (χ2n) is 9.18. The summed E-state index contributed by atoms with van der Waals surface area (Å²) in [6.07, 6.45) is 6.16. The van der Waals surface area contributed by atoms with E-state index < -0.39 is 24.0 Å². The lowest BCUT2D eigenvalue weighted by Crippen LogP contribution is -2.47. The highest BCUT2D eigenvalue weighted by Crippen LogP contribution is 2.29. The van der Waals surface area contributed by atoms with E-state index in [1.807, 2.05) is 67.7 Å². The first-order valence-corrected chi connectivity index (χ1v) is 13.0. The van der Waals surface area contributed by atoms with E-state index in [-0.39, 0.29) is 24.5 Å². The first kappa shape index (κ1) is 27.2. The van der Waals surface area contributed by atoms with Gasteiger partial charge in [-0.2, -0.15) is 5.10 Å². The number of ether oxygens (including phenoxy) is 2. The number of aromatic nitrogens is 2. The number of aryl methyl sites for hydroxylation is 1. The summed E-state index contributed by atoms with van der Waals surface area (Å²) >= 11 is 0. The molecule has 0 fully saturated rings. The molecule has 2 N–H and O–H groups in total. The number of nitrogens with one attached hydrogen (secondary N) is 2. The zero-order valence-electron chi connectivity index (χ0n) is 22.5. The standard InChI is InChI=1S/C31H28N4O6/c1-3-39-30(37)27-24(32-31(38)33-29(27)25-10-7-17-40-25)19-41-26(36)16-15-22-18-35(23-8-5-4-6-9-23)34-28(22)21-13-11-20(2)12-14-21/h4-18,29H,3,19H2,1-2H3,(H2,32,33,38)/b16-15+. The van der Waals surface area contributed by atoms with E-state index in [0.29, 0.717) is 17.0 Å². The molecule has 3 heterocycles. The fourth-order valence-electron chi connectivity index (χ4n) is 4.36. The van der Waals surface area contributed by atoms with Gasteiger partial charge in [-0.3, -0.25) is 0 Å². The monoisotopic (exact) mass is 552 g/mol. The number of urea groups is 1.